The summed E-state index contributed by atoms with van der Waals surface area (Å²) in [4.78, 5) is 4.60. The standard InChI is InChI=1S/C48H22B12N2S/c49-34-31-29-22-24(62-47-32(35(50)38(53)41(56)44(47)59)33-36(51)39(54)42(57)45(60)48(33)62)19-20-30(29)61(46(31)43(58)40(55)37(34)52)23-11-10-18-28(21-23)63(25-12-4-1-5-13-25,26-14-6-2-7-15-26)27-16-8-3-9-17-27/h1-22H. The molecule has 266 valence electrons. The molecule has 2 aromatic heterocycles. The Balaban J connectivity index is 1.33. The molecule has 0 aliphatic rings. The average Bonchev–Trinajstić information content (AvgIpc) is 3.86. The Kier molecular flexibility index (Phi) is 10.1. The average molecular weight is 789 g/mol. The quantitative estimate of drug-likeness (QED) is 0.187. The summed E-state index contributed by atoms with van der Waals surface area (Å²) < 4.78 is 3.89. The van der Waals surface area contributed by atoms with Crippen LogP contribution in [0.4, 0.5) is 0 Å². The third kappa shape index (κ3) is 5.84. The topological polar surface area (TPSA) is 9.86 Å². The molecular weight excluding hydrogens is 766 g/mol. The van der Waals surface area contributed by atoms with E-state index in [-0.39, 0.29) is 65.6 Å². The molecule has 0 atom stereocenters. The Morgan fingerprint density at radius 2 is 0.651 bits per heavy atom. The van der Waals surface area contributed by atoms with Gasteiger partial charge < -0.3 is 9.13 Å². The van der Waals surface area contributed by atoms with Crippen LogP contribution >= 0.6 is 10.0 Å². The zero-order valence-electron chi connectivity index (χ0n) is 33.9. The molecule has 8 aromatic carbocycles. The number of hydrogen-bond donors (Lipinski definition) is 0. The zero-order chi connectivity index (χ0) is 44.2. The van der Waals surface area contributed by atoms with Gasteiger partial charge in [0.05, 0.1) is 5.52 Å². The molecule has 0 saturated heterocycles. The first-order valence-corrected chi connectivity index (χ1v) is 21.5. The van der Waals surface area contributed by atoms with Crippen molar-refractivity contribution in [3.63, 3.8) is 0 Å². The first-order chi connectivity index (χ1) is 30.3. The van der Waals surface area contributed by atoms with Gasteiger partial charge >= 0.3 is 0 Å². The molecular formula is C48H22B12N2S. The highest BCUT2D eigenvalue weighted by molar-refractivity contribution is 8.34. The molecule has 0 N–H and O–H groups in total. The number of fused-ring (bicyclic) bond motifs is 6. The van der Waals surface area contributed by atoms with E-state index >= 15 is 0 Å². The molecule has 15 heteroatoms. The number of rotatable bonds is 6. The van der Waals surface area contributed by atoms with Crippen LogP contribution in [0.2, 0.25) is 0 Å². The van der Waals surface area contributed by atoms with Crippen molar-refractivity contribution in [3.8, 4) is 11.4 Å². The summed E-state index contributed by atoms with van der Waals surface area (Å²) in [5.74, 6) is 0. The van der Waals surface area contributed by atoms with Gasteiger partial charge in [0.1, 0.15) is 94.2 Å². The fraction of sp³-hybridized carbons (Fsp3) is 0. The van der Waals surface area contributed by atoms with Crippen molar-refractivity contribution in [3.05, 3.63) is 133 Å². The first-order valence-electron chi connectivity index (χ1n) is 19.9. The van der Waals surface area contributed by atoms with Gasteiger partial charge in [0.15, 0.2) is 0 Å². The van der Waals surface area contributed by atoms with Crippen LogP contribution in [0.15, 0.2) is 153 Å². The molecule has 10 aromatic rings. The van der Waals surface area contributed by atoms with Crippen molar-refractivity contribution in [1.29, 1.82) is 0 Å². The van der Waals surface area contributed by atoms with Crippen molar-refractivity contribution in [2.75, 3.05) is 0 Å². The SMILES string of the molecule is [B]c1c([B])c([B])c2c(c1[B])c1cc(-n3c4c([B])c([B])c([B])c([B])c4c4c([B])c([B])c([B])c([B])c43)ccc1n2-c1cccc(S(c2ccccc2)(c2ccccc2)c2ccccc2)c1. The number of nitrogens with zero attached hydrogens (tertiary/aromatic N) is 2. The maximum absolute atomic E-state index is 7.01. The van der Waals surface area contributed by atoms with Crippen LogP contribution in [0.5, 0.6) is 0 Å². The van der Waals surface area contributed by atoms with Crippen molar-refractivity contribution in [2.45, 2.75) is 19.6 Å². The van der Waals surface area contributed by atoms with E-state index in [2.05, 4.69) is 95.6 Å². The smallest absolute Gasteiger partial charge is 0.115 e. The molecule has 0 unspecified atom stereocenters. The lowest BCUT2D eigenvalue weighted by Crippen LogP contribution is -2.49. The highest BCUT2D eigenvalue weighted by Gasteiger charge is 2.34. The van der Waals surface area contributed by atoms with E-state index in [1.54, 1.807) is 0 Å². The third-order valence-corrected chi connectivity index (χ3v) is 16.2. The van der Waals surface area contributed by atoms with E-state index in [0.29, 0.717) is 43.8 Å². The molecule has 0 aliphatic carbocycles. The minimum absolute atomic E-state index is 0.0969. The van der Waals surface area contributed by atoms with E-state index in [1.807, 2.05) is 47.0 Å². The number of hydrogen-bond acceptors (Lipinski definition) is 0. The first kappa shape index (κ1) is 41.5. The molecule has 24 radical (unpaired) electrons. The number of benzene rings is 8. The van der Waals surface area contributed by atoms with E-state index in [1.165, 1.54) is 14.7 Å². The van der Waals surface area contributed by atoms with Gasteiger partial charge in [-0.25, -0.2) is 0 Å². The van der Waals surface area contributed by atoms with Crippen molar-refractivity contribution in [1.82, 2.24) is 9.13 Å². The highest BCUT2D eigenvalue weighted by Crippen LogP contribution is 2.73. The second-order valence-electron chi connectivity index (χ2n) is 15.6. The van der Waals surface area contributed by atoms with Gasteiger partial charge in [-0.2, -0.15) is 0 Å². The van der Waals surface area contributed by atoms with Crippen molar-refractivity contribution >= 4 is 213 Å². The fourth-order valence-electron chi connectivity index (χ4n) is 9.24. The van der Waals surface area contributed by atoms with Gasteiger partial charge in [0.2, 0.25) is 0 Å². The van der Waals surface area contributed by atoms with Crippen LogP contribution < -0.4 is 65.6 Å². The summed E-state index contributed by atoms with van der Waals surface area (Å²) in [5, 5.41) is 2.12. The lowest BCUT2D eigenvalue weighted by molar-refractivity contribution is 1.15. The summed E-state index contributed by atoms with van der Waals surface area (Å²) in [6.45, 7) is 0. The zero-order valence-corrected chi connectivity index (χ0v) is 34.7. The molecule has 2 heterocycles. The molecule has 10 rings (SSSR count). The summed E-state index contributed by atoms with van der Waals surface area (Å²) in [6.07, 6.45) is 0. The van der Waals surface area contributed by atoms with Crippen LogP contribution in [0.3, 0.4) is 0 Å². The monoisotopic (exact) mass is 790 g/mol. The number of aromatic nitrogens is 2. The summed E-state index contributed by atoms with van der Waals surface area (Å²) in [7, 11) is 78.0. The van der Waals surface area contributed by atoms with Crippen LogP contribution in [0.1, 0.15) is 0 Å². The minimum Gasteiger partial charge on any atom is -0.311 e. The third-order valence-electron chi connectivity index (χ3n) is 12.3. The normalized spacial score (nSPS) is 12.2. The lowest BCUT2D eigenvalue weighted by atomic mass is 9.63. The molecule has 0 aliphatic heterocycles. The Morgan fingerprint density at radius 3 is 1.10 bits per heavy atom. The second kappa shape index (κ2) is 15.3. The Bertz CT molecular complexity index is 3360. The van der Waals surface area contributed by atoms with Crippen LogP contribution in [0, 0.1) is 0 Å². The maximum atomic E-state index is 7.01. The summed E-state index contributed by atoms with van der Waals surface area (Å²) in [6, 6.07) is 46.2. The van der Waals surface area contributed by atoms with Crippen molar-refractivity contribution in [2.24, 2.45) is 0 Å². The van der Waals surface area contributed by atoms with Crippen LogP contribution in [-0.4, -0.2) is 103 Å². The molecule has 0 saturated carbocycles. The van der Waals surface area contributed by atoms with Crippen LogP contribution in [0.25, 0.3) is 55.0 Å². The van der Waals surface area contributed by atoms with Gasteiger partial charge in [-0.15, -0.1) is 42.8 Å². The van der Waals surface area contributed by atoms with Gasteiger partial charge in [0.25, 0.3) is 0 Å². The molecule has 0 spiro atoms. The van der Waals surface area contributed by atoms with E-state index in [4.69, 9.17) is 94.2 Å². The Morgan fingerprint density at radius 1 is 0.286 bits per heavy atom. The minimum atomic E-state index is -2.07. The van der Waals surface area contributed by atoms with Gasteiger partial charge in [-0.05, 0) is 89.0 Å². The predicted octanol–water partition coefficient (Wildman–Crippen LogP) is -1.25. The maximum Gasteiger partial charge on any atom is 0.115 e. The Hall–Kier alpha value is -5.51. The van der Waals surface area contributed by atoms with E-state index in [0.717, 1.165) is 16.1 Å². The molecule has 0 bridgehead atoms. The van der Waals surface area contributed by atoms with Gasteiger partial charge in [0, 0.05) is 52.9 Å². The van der Waals surface area contributed by atoms with E-state index < -0.39 is 10.0 Å². The molecule has 0 amide bonds. The predicted molar refractivity (Wildman–Crippen MR) is 280 cm³/mol. The Labute approximate surface area is 384 Å². The second-order valence-corrected chi connectivity index (χ2v) is 18.7. The summed E-state index contributed by atoms with van der Waals surface area (Å²) >= 11 is 0. The van der Waals surface area contributed by atoms with Gasteiger partial charge in [-0.3, -0.25) is 0 Å². The molecule has 0 fully saturated rings. The van der Waals surface area contributed by atoms with E-state index in [9.17, 15) is 0 Å². The van der Waals surface area contributed by atoms with Gasteiger partial charge in [-0.1, -0.05) is 93.4 Å². The lowest BCUT2D eigenvalue weighted by Gasteiger charge is -2.42. The van der Waals surface area contributed by atoms with Crippen LogP contribution in [-0.2, 0) is 0 Å². The largest absolute Gasteiger partial charge is 0.311 e. The molecule has 63 heavy (non-hydrogen) atoms. The fourth-order valence-corrected chi connectivity index (χ4v) is 13.1. The van der Waals surface area contributed by atoms with Crippen molar-refractivity contribution < 1.29 is 0 Å². The molecule has 2 nitrogen and oxygen atoms in total. The highest BCUT2D eigenvalue weighted by atomic mass is 32.3. The summed E-state index contributed by atoms with van der Waals surface area (Å²) in [5.41, 5.74) is 5.43.